The number of nitrogens with zero attached hydrogens (tertiary/aromatic N) is 1. The number of ether oxygens (including phenoxy) is 1. The summed E-state index contributed by atoms with van der Waals surface area (Å²) in [5.41, 5.74) is 2.19. The van der Waals surface area contributed by atoms with Gasteiger partial charge >= 0.3 is 11.9 Å². The summed E-state index contributed by atoms with van der Waals surface area (Å²) in [5, 5.41) is 2.51. The Morgan fingerprint density at radius 2 is 2.14 bits per heavy atom. The first-order chi connectivity index (χ1) is 9.99. The third-order valence-corrected chi connectivity index (χ3v) is 2.85. The molecule has 0 aliphatic carbocycles. The fourth-order valence-electron chi connectivity index (χ4n) is 2.00. The first-order valence-corrected chi connectivity index (χ1v) is 6.96. The molecular formula is C15H19N3O3. The highest BCUT2D eigenvalue weighted by Crippen LogP contribution is 2.18. The van der Waals surface area contributed by atoms with Crippen LogP contribution in [0.1, 0.15) is 26.6 Å². The van der Waals surface area contributed by atoms with Crippen molar-refractivity contribution in [2.45, 2.75) is 27.2 Å². The molecule has 0 aliphatic heterocycles. The number of H-pyrrole nitrogens is 1. The van der Waals surface area contributed by atoms with Crippen molar-refractivity contribution in [1.82, 2.24) is 9.97 Å². The predicted molar refractivity (Wildman–Crippen MR) is 79.9 cm³/mol. The van der Waals surface area contributed by atoms with E-state index >= 15 is 0 Å². The first kappa shape index (κ1) is 15.0. The predicted octanol–water partition coefficient (Wildman–Crippen LogP) is 2.26. The fraction of sp³-hybridized carbons (Fsp3) is 0.400. The highest BCUT2D eigenvalue weighted by Gasteiger charge is 2.15. The number of aromatic amines is 1. The lowest BCUT2D eigenvalue weighted by Crippen LogP contribution is -2.24. The van der Waals surface area contributed by atoms with Gasteiger partial charge < -0.3 is 15.0 Å². The van der Waals surface area contributed by atoms with E-state index in [0.717, 1.165) is 23.3 Å². The number of rotatable bonds is 4. The van der Waals surface area contributed by atoms with Gasteiger partial charge in [0.15, 0.2) is 0 Å². The summed E-state index contributed by atoms with van der Waals surface area (Å²) < 4.78 is 4.64. The number of fused-ring (bicyclic) bond motifs is 1. The van der Waals surface area contributed by atoms with Crippen LogP contribution in [0.25, 0.3) is 11.0 Å². The maximum atomic E-state index is 11.6. The molecule has 0 aliphatic rings. The number of carbonyl (C=O) groups is 2. The summed E-state index contributed by atoms with van der Waals surface area (Å²) in [5.74, 6) is -0.247. The second-order valence-electron chi connectivity index (χ2n) is 5.19. The monoisotopic (exact) mass is 289 g/mol. The molecule has 6 heteroatoms. The third kappa shape index (κ3) is 3.81. The number of hydrogen-bond acceptors (Lipinski definition) is 4. The molecule has 112 valence electrons. The Balaban J connectivity index is 2.15. The van der Waals surface area contributed by atoms with Crippen molar-refractivity contribution < 1.29 is 14.3 Å². The van der Waals surface area contributed by atoms with Gasteiger partial charge in [0.25, 0.3) is 0 Å². The van der Waals surface area contributed by atoms with Gasteiger partial charge in [0.2, 0.25) is 0 Å². The molecular weight excluding hydrogens is 270 g/mol. The molecule has 1 aromatic carbocycles. The molecule has 0 unspecified atom stereocenters. The van der Waals surface area contributed by atoms with Gasteiger partial charge in [0, 0.05) is 12.1 Å². The third-order valence-electron chi connectivity index (χ3n) is 2.85. The average molecular weight is 289 g/mol. The smallest absolute Gasteiger partial charge is 0.397 e. The Kier molecular flexibility index (Phi) is 4.57. The van der Waals surface area contributed by atoms with Crippen LogP contribution in [-0.4, -0.2) is 28.5 Å². The molecule has 1 amide bonds. The normalized spacial score (nSPS) is 10.9. The minimum atomic E-state index is -0.886. The zero-order chi connectivity index (χ0) is 15.4. The van der Waals surface area contributed by atoms with E-state index in [4.69, 9.17) is 0 Å². The van der Waals surface area contributed by atoms with Crippen molar-refractivity contribution >= 4 is 28.6 Å². The van der Waals surface area contributed by atoms with Crippen molar-refractivity contribution in [2.24, 2.45) is 5.92 Å². The van der Waals surface area contributed by atoms with Gasteiger partial charge in [-0.2, -0.15) is 0 Å². The second-order valence-corrected chi connectivity index (χ2v) is 5.19. The molecule has 2 rings (SSSR count). The fourth-order valence-corrected chi connectivity index (χ4v) is 2.00. The average Bonchev–Trinajstić information content (AvgIpc) is 2.79. The standard InChI is InChI=1S/C15H19N3O3/c1-4-21-15(20)14(19)16-10-5-6-11-12(8-10)18-13(17-11)7-9(2)3/h5-6,8-9H,4,7H2,1-3H3,(H,16,19)(H,17,18). The van der Waals surface area contributed by atoms with E-state index in [9.17, 15) is 9.59 Å². The summed E-state index contributed by atoms with van der Waals surface area (Å²) in [7, 11) is 0. The van der Waals surface area contributed by atoms with Gasteiger partial charge in [0.1, 0.15) is 5.82 Å². The maximum Gasteiger partial charge on any atom is 0.397 e. The molecule has 0 fully saturated rings. The number of esters is 1. The van der Waals surface area contributed by atoms with Gasteiger partial charge in [-0.15, -0.1) is 0 Å². The Morgan fingerprint density at radius 1 is 1.38 bits per heavy atom. The van der Waals surface area contributed by atoms with Crippen molar-refractivity contribution in [2.75, 3.05) is 11.9 Å². The molecule has 6 nitrogen and oxygen atoms in total. The molecule has 0 saturated heterocycles. The SMILES string of the molecule is CCOC(=O)C(=O)Nc1ccc2nc(CC(C)C)[nH]c2c1. The Morgan fingerprint density at radius 3 is 2.81 bits per heavy atom. The van der Waals surface area contributed by atoms with Crippen molar-refractivity contribution in [1.29, 1.82) is 0 Å². The molecule has 0 bridgehead atoms. The number of aromatic nitrogens is 2. The zero-order valence-electron chi connectivity index (χ0n) is 12.4. The van der Waals surface area contributed by atoms with Crippen LogP contribution in [-0.2, 0) is 20.7 Å². The van der Waals surface area contributed by atoms with Crippen LogP contribution in [0.3, 0.4) is 0 Å². The quantitative estimate of drug-likeness (QED) is 0.668. The van der Waals surface area contributed by atoms with Gasteiger partial charge in [-0.3, -0.25) is 4.79 Å². The number of anilines is 1. The molecule has 0 atom stereocenters. The zero-order valence-corrected chi connectivity index (χ0v) is 12.4. The number of amides is 1. The van der Waals surface area contributed by atoms with E-state index in [0.29, 0.717) is 11.6 Å². The number of carbonyl (C=O) groups excluding carboxylic acids is 2. The van der Waals surface area contributed by atoms with Crippen molar-refractivity contribution in [3.05, 3.63) is 24.0 Å². The topological polar surface area (TPSA) is 84.1 Å². The van der Waals surface area contributed by atoms with Crippen LogP contribution >= 0.6 is 0 Å². The summed E-state index contributed by atoms with van der Waals surface area (Å²) in [6.45, 7) is 6.07. The van der Waals surface area contributed by atoms with Crippen LogP contribution in [0.2, 0.25) is 0 Å². The Labute approximate surface area is 122 Å². The molecule has 21 heavy (non-hydrogen) atoms. The minimum Gasteiger partial charge on any atom is -0.459 e. The number of hydrogen-bond donors (Lipinski definition) is 2. The summed E-state index contributed by atoms with van der Waals surface area (Å²) in [6, 6.07) is 5.26. The van der Waals surface area contributed by atoms with Crippen LogP contribution in [0.15, 0.2) is 18.2 Å². The van der Waals surface area contributed by atoms with Crippen LogP contribution < -0.4 is 5.32 Å². The highest BCUT2D eigenvalue weighted by atomic mass is 16.5. The highest BCUT2D eigenvalue weighted by molar-refractivity contribution is 6.37. The second kappa shape index (κ2) is 6.39. The molecule has 0 saturated carbocycles. The summed E-state index contributed by atoms with van der Waals surface area (Å²) in [6.07, 6.45) is 0.860. The molecule has 1 heterocycles. The van der Waals surface area contributed by atoms with E-state index in [1.54, 1.807) is 25.1 Å². The largest absolute Gasteiger partial charge is 0.459 e. The van der Waals surface area contributed by atoms with E-state index in [2.05, 4.69) is 33.9 Å². The van der Waals surface area contributed by atoms with E-state index < -0.39 is 11.9 Å². The number of imidazole rings is 1. The van der Waals surface area contributed by atoms with E-state index in [-0.39, 0.29) is 6.61 Å². The van der Waals surface area contributed by atoms with Crippen molar-refractivity contribution in [3.8, 4) is 0 Å². The van der Waals surface area contributed by atoms with E-state index in [1.165, 1.54) is 0 Å². The lowest BCUT2D eigenvalue weighted by Gasteiger charge is -2.04. The summed E-state index contributed by atoms with van der Waals surface area (Å²) in [4.78, 5) is 30.6. The molecule has 2 N–H and O–H groups in total. The van der Waals surface area contributed by atoms with Crippen LogP contribution in [0.4, 0.5) is 5.69 Å². The summed E-state index contributed by atoms with van der Waals surface area (Å²) >= 11 is 0. The van der Waals surface area contributed by atoms with E-state index in [1.807, 2.05) is 0 Å². The lowest BCUT2D eigenvalue weighted by atomic mass is 10.1. The number of benzene rings is 1. The lowest BCUT2D eigenvalue weighted by molar-refractivity contribution is -0.152. The maximum absolute atomic E-state index is 11.6. The minimum absolute atomic E-state index is 0.171. The first-order valence-electron chi connectivity index (χ1n) is 6.96. The van der Waals surface area contributed by atoms with Gasteiger partial charge in [-0.25, -0.2) is 9.78 Å². The van der Waals surface area contributed by atoms with Crippen LogP contribution in [0.5, 0.6) is 0 Å². The molecule has 0 radical (unpaired) electrons. The van der Waals surface area contributed by atoms with Crippen molar-refractivity contribution in [3.63, 3.8) is 0 Å². The van der Waals surface area contributed by atoms with Gasteiger partial charge in [-0.05, 0) is 31.0 Å². The van der Waals surface area contributed by atoms with Gasteiger partial charge in [-0.1, -0.05) is 13.8 Å². The molecule has 2 aromatic rings. The Hall–Kier alpha value is -2.37. The van der Waals surface area contributed by atoms with Gasteiger partial charge in [0.05, 0.1) is 17.6 Å². The molecule has 0 spiro atoms. The number of nitrogens with one attached hydrogen (secondary N) is 2. The van der Waals surface area contributed by atoms with Crippen LogP contribution in [0, 0.1) is 5.92 Å². The Bertz CT molecular complexity index is 661. The molecule has 1 aromatic heterocycles.